The molecule has 0 spiro atoms. The van der Waals surface area contributed by atoms with E-state index in [1.807, 2.05) is 13.0 Å². The molecular weight excluding hydrogens is 385 g/mol. The van der Waals surface area contributed by atoms with Crippen LogP contribution in [-0.4, -0.2) is 39.8 Å². The van der Waals surface area contributed by atoms with Gasteiger partial charge in [-0.3, -0.25) is 4.99 Å². The first-order valence-corrected chi connectivity index (χ1v) is 11.5. The monoisotopic (exact) mass is 411 g/mol. The summed E-state index contributed by atoms with van der Waals surface area (Å²) in [4.78, 5) is 5.59. The Kier molecular flexibility index (Phi) is 8.24. The third kappa shape index (κ3) is 6.95. The van der Waals surface area contributed by atoms with Gasteiger partial charge < -0.3 is 10.6 Å². The predicted molar refractivity (Wildman–Crippen MR) is 110 cm³/mol. The molecule has 0 aliphatic rings. The fraction of sp³-hybridized carbons (Fsp3) is 0.421. The van der Waals surface area contributed by atoms with Gasteiger partial charge in [-0.15, -0.1) is 11.3 Å². The highest BCUT2D eigenvalue weighted by molar-refractivity contribution is 7.91. The van der Waals surface area contributed by atoms with Gasteiger partial charge in [-0.2, -0.15) is 0 Å². The number of halogens is 1. The van der Waals surface area contributed by atoms with Gasteiger partial charge in [0, 0.05) is 24.5 Å². The standard InChI is InChI=1S/C19H26FN3O2S2/c1-3-21-19(23-14-15(2)13-16-7-6-11-26-16)22-10-12-27(24,25)18-9-5-4-8-17(18)20/h4-9,11,15H,3,10,12-14H2,1-2H3,(H2,21,22,23). The lowest BCUT2D eigenvalue weighted by Gasteiger charge is -2.13. The van der Waals surface area contributed by atoms with Gasteiger partial charge in [-0.25, -0.2) is 12.8 Å². The van der Waals surface area contributed by atoms with Crippen LogP contribution in [0.4, 0.5) is 4.39 Å². The lowest BCUT2D eigenvalue weighted by atomic mass is 10.1. The number of nitrogens with zero attached hydrogens (tertiary/aromatic N) is 1. The average Bonchev–Trinajstić information content (AvgIpc) is 3.12. The van der Waals surface area contributed by atoms with Crippen molar-refractivity contribution < 1.29 is 12.8 Å². The second kappa shape index (κ2) is 10.4. The Morgan fingerprint density at radius 2 is 2.00 bits per heavy atom. The Hall–Kier alpha value is -1.93. The van der Waals surface area contributed by atoms with E-state index in [0.29, 0.717) is 25.0 Å². The number of hydrogen-bond donors (Lipinski definition) is 2. The summed E-state index contributed by atoms with van der Waals surface area (Å²) in [7, 11) is -3.69. The zero-order valence-electron chi connectivity index (χ0n) is 15.6. The van der Waals surface area contributed by atoms with E-state index in [1.54, 1.807) is 11.3 Å². The first kappa shape index (κ1) is 21.4. The second-order valence-electron chi connectivity index (χ2n) is 6.28. The molecule has 1 unspecified atom stereocenters. The van der Waals surface area contributed by atoms with Crippen LogP contribution < -0.4 is 10.6 Å². The third-order valence-corrected chi connectivity index (χ3v) is 6.51. The zero-order valence-corrected chi connectivity index (χ0v) is 17.2. The Morgan fingerprint density at radius 3 is 2.67 bits per heavy atom. The molecule has 0 fully saturated rings. The minimum absolute atomic E-state index is 0.155. The van der Waals surface area contributed by atoms with Crippen molar-refractivity contribution >= 4 is 27.1 Å². The maximum Gasteiger partial charge on any atom is 0.191 e. The summed E-state index contributed by atoms with van der Waals surface area (Å²) in [6.45, 7) is 5.54. The van der Waals surface area contributed by atoms with Gasteiger partial charge in [0.25, 0.3) is 0 Å². The van der Waals surface area contributed by atoms with E-state index in [1.165, 1.54) is 23.1 Å². The summed E-state index contributed by atoms with van der Waals surface area (Å²) in [6.07, 6.45) is 0.961. The molecule has 0 saturated carbocycles. The molecule has 148 valence electrons. The summed E-state index contributed by atoms with van der Waals surface area (Å²) in [6, 6.07) is 9.58. The van der Waals surface area contributed by atoms with Gasteiger partial charge in [-0.1, -0.05) is 25.1 Å². The molecule has 8 heteroatoms. The molecule has 0 amide bonds. The lowest BCUT2D eigenvalue weighted by Crippen LogP contribution is -2.40. The average molecular weight is 412 g/mol. The van der Waals surface area contributed by atoms with Gasteiger partial charge in [0.2, 0.25) is 0 Å². The zero-order chi connectivity index (χ0) is 19.7. The van der Waals surface area contributed by atoms with Gasteiger partial charge in [0.15, 0.2) is 15.8 Å². The summed E-state index contributed by atoms with van der Waals surface area (Å²) < 4.78 is 38.3. The van der Waals surface area contributed by atoms with Crippen molar-refractivity contribution in [2.75, 3.05) is 25.4 Å². The normalized spacial score (nSPS) is 13.4. The molecule has 1 aromatic heterocycles. The molecular formula is C19H26FN3O2S2. The number of rotatable bonds is 9. The van der Waals surface area contributed by atoms with Crippen LogP contribution in [0.25, 0.3) is 0 Å². The highest BCUT2D eigenvalue weighted by Crippen LogP contribution is 2.15. The number of sulfone groups is 1. The fourth-order valence-corrected chi connectivity index (χ4v) is 4.65. The van der Waals surface area contributed by atoms with Crippen LogP contribution in [-0.2, 0) is 16.3 Å². The fourth-order valence-electron chi connectivity index (χ4n) is 2.54. The maximum atomic E-state index is 13.7. The minimum atomic E-state index is -3.69. The number of thiophene rings is 1. The van der Waals surface area contributed by atoms with Crippen LogP contribution in [0, 0.1) is 11.7 Å². The van der Waals surface area contributed by atoms with Crippen LogP contribution in [0.15, 0.2) is 51.7 Å². The molecule has 27 heavy (non-hydrogen) atoms. The smallest absolute Gasteiger partial charge is 0.191 e. The minimum Gasteiger partial charge on any atom is -0.357 e. The van der Waals surface area contributed by atoms with Gasteiger partial charge >= 0.3 is 0 Å². The molecule has 2 aromatic rings. The lowest BCUT2D eigenvalue weighted by molar-refractivity contribution is 0.566. The molecule has 2 N–H and O–H groups in total. The van der Waals surface area contributed by atoms with Gasteiger partial charge in [0.1, 0.15) is 10.7 Å². The molecule has 2 rings (SSSR count). The van der Waals surface area contributed by atoms with E-state index in [9.17, 15) is 12.8 Å². The number of nitrogens with one attached hydrogen (secondary N) is 2. The molecule has 1 aromatic carbocycles. The van der Waals surface area contributed by atoms with Crippen molar-refractivity contribution in [3.63, 3.8) is 0 Å². The molecule has 1 heterocycles. The van der Waals surface area contributed by atoms with E-state index in [2.05, 4.69) is 34.0 Å². The topological polar surface area (TPSA) is 70.6 Å². The Morgan fingerprint density at radius 1 is 1.22 bits per heavy atom. The molecule has 1 atom stereocenters. The van der Waals surface area contributed by atoms with Gasteiger partial charge in [0.05, 0.1) is 5.75 Å². The van der Waals surface area contributed by atoms with Crippen molar-refractivity contribution in [1.29, 1.82) is 0 Å². The van der Waals surface area contributed by atoms with Crippen LogP contribution in [0.3, 0.4) is 0 Å². The van der Waals surface area contributed by atoms with Crippen LogP contribution in [0.5, 0.6) is 0 Å². The van der Waals surface area contributed by atoms with Crippen molar-refractivity contribution in [2.45, 2.75) is 25.2 Å². The van der Waals surface area contributed by atoms with Crippen molar-refractivity contribution in [3.05, 3.63) is 52.5 Å². The third-order valence-electron chi connectivity index (χ3n) is 3.87. The highest BCUT2D eigenvalue weighted by atomic mass is 32.2. The van der Waals surface area contributed by atoms with Crippen LogP contribution >= 0.6 is 11.3 Å². The van der Waals surface area contributed by atoms with Crippen LogP contribution in [0.1, 0.15) is 18.7 Å². The molecule has 5 nitrogen and oxygen atoms in total. The van der Waals surface area contributed by atoms with Crippen molar-refractivity contribution in [3.8, 4) is 0 Å². The van der Waals surface area contributed by atoms with E-state index >= 15 is 0 Å². The molecule has 0 saturated heterocycles. The first-order chi connectivity index (χ1) is 12.9. The largest absolute Gasteiger partial charge is 0.357 e. The number of hydrogen-bond acceptors (Lipinski definition) is 4. The Labute approximate surface area is 164 Å². The number of aliphatic imine (C=N–C) groups is 1. The first-order valence-electron chi connectivity index (χ1n) is 8.94. The summed E-state index contributed by atoms with van der Waals surface area (Å²) in [5.74, 6) is 0.0179. The van der Waals surface area contributed by atoms with E-state index < -0.39 is 15.7 Å². The molecule has 0 aliphatic heterocycles. The maximum absolute atomic E-state index is 13.7. The number of benzene rings is 1. The molecule has 0 radical (unpaired) electrons. The number of guanidine groups is 1. The van der Waals surface area contributed by atoms with E-state index in [0.717, 1.165) is 12.5 Å². The van der Waals surface area contributed by atoms with Crippen molar-refractivity contribution in [2.24, 2.45) is 10.9 Å². The Bertz CT molecular complexity index is 836. The van der Waals surface area contributed by atoms with Crippen molar-refractivity contribution in [1.82, 2.24) is 10.6 Å². The highest BCUT2D eigenvalue weighted by Gasteiger charge is 2.18. The summed E-state index contributed by atoms with van der Waals surface area (Å²) >= 11 is 1.73. The van der Waals surface area contributed by atoms with E-state index in [-0.39, 0.29) is 17.2 Å². The Balaban J connectivity index is 1.89. The quantitative estimate of drug-likeness (QED) is 0.491. The summed E-state index contributed by atoms with van der Waals surface area (Å²) in [5.41, 5.74) is 0. The van der Waals surface area contributed by atoms with E-state index in [4.69, 9.17) is 0 Å². The van der Waals surface area contributed by atoms with Gasteiger partial charge in [-0.05, 0) is 42.8 Å². The predicted octanol–water partition coefficient (Wildman–Crippen LogP) is 3.09. The molecule has 0 aliphatic carbocycles. The summed E-state index contributed by atoms with van der Waals surface area (Å²) in [5, 5.41) is 8.19. The molecule has 0 bridgehead atoms. The second-order valence-corrected chi connectivity index (χ2v) is 9.39. The SMILES string of the molecule is CCNC(=NCC(C)Cc1cccs1)NCCS(=O)(=O)c1ccccc1F. The van der Waals surface area contributed by atoms with Crippen LogP contribution in [0.2, 0.25) is 0 Å².